The molecule has 0 saturated carbocycles. The number of carbonyl (C=O) groups is 3. The summed E-state index contributed by atoms with van der Waals surface area (Å²) in [5, 5.41) is 12.4. The number of β-amino-alcohol motifs (C(OH)–C–C–N with tert-alkyl or cyclic N) is 1. The fourth-order valence-electron chi connectivity index (χ4n) is 3.17. The number of benzene rings is 1. The van der Waals surface area contributed by atoms with Gasteiger partial charge in [-0.05, 0) is 18.2 Å². The van der Waals surface area contributed by atoms with Crippen LogP contribution in [0.4, 0.5) is 11.4 Å². The van der Waals surface area contributed by atoms with Crippen LogP contribution in [0.5, 0.6) is 0 Å². The van der Waals surface area contributed by atoms with E-state index in [0.717, 1.165) is 10.6 Å². The second-order valence-corrected chi connectivity index (χ2v) is 6.77. The molecular formula is C18H21ClN4O4. The number of amides is 3. The number of hydrogen-bond acceptors (Lipinski definition) is 6. The van der Waals surface area contributed by atoms with Crippen molar-refractivity contribution in [3.8, 4) is 0 Å². The second-order valence-electron chi connectivity index (χ2n) is 6.36. The number of nitrogens with one attached hydrogen (secondary N) is 1. The molecule has 1 fully saturated rings. The van der Waals surface area contributed by atoms with Gasteiger partial charge in [-0.3, -0.25) is 19.3 Å². The van der Waals surface area contributed by atoms with Gasteiger partial charge < -0.3 is 20.2 Å². The second kappa shape index (κ2) is 7.98. The maximum atomic E-state index is 12.2. The summed E-state index contributed by atoms with van der Waals surface area (Å²) in [6.45, 7) is 3.93. The molecule has 1 aromatic carbocycles. The molecule has 0 spiro atoms. The van der Waals surface area contributed by atoms with E-state index in [4.69, 9.17) is 16.7 Å². The molecule has 1 saturated heterocycles. The van der Waals surface area contributed by atoms with Crippen LogP contribution in [0.25, 0.3) is 0 Å². The van der Waals surface area contributed by atoms with E-state index in [1.165, 1.54) is 6.08 Å². The highest BCUT2D eigenvalue weighted by Gasteiger charge is 2.30. The van der Waals surface area contributed by atoms with E-state index in [9.17, 15) is 14.4 Å². The molecule has 8 nitrogen and oxygen atoms in total. The molecule has 0 unspecified atom stereocenters. The summed E-state index contributed by atoms with van der Waals surface area (Å²) in [5.41, 5.74) is 1.59. The van der Waals surface area contributed by atoms with Crippen molar-refractivity contribution in [1.29, 1.82) is 0 Å². The lowest BCUT2D eigenvalue weighted by atomic mass is 10.2. The van der Waals surface area contributed by atoms with Crippen molar-refractivity contribution in [2.45, 2.75) is 6.92 Å². The van der Waals surface area contributed by atoms with Gasteiger partial charge in [0, 0.05) is 44.9 Å². The summed E-state index contributed by atoms with van der Waals surface area (Å²) < 4.78 is 0. The highest BCUT2D eigenvalue weighted by Crippen LogP contribution is 2.30. The molecule has 2 aliphatic rings. The fourth-order valence-corrected chi connectivity index (χ4v) is 3.47. The number of aliphatic hydroxyl groups excluding tert-OH is 1. The number of aliphatic hydroxyl groups is 1. The van der Waals surface area contributed by atoms with Gasteiger partial charge >= 0.3 is 0 Å². The van der Waals surface area contributed by atoms with E-state index in [1.807, 2.05) is 6.07 Å². The Morgan fingerprint density at radius 2 is 1.93 bits per heavy atom. The number of imide groups is 1. The van der Waals surface area contributed by atoms with Crippen molar-refractivity contribution in [2.24, 2.45) is 0 Å². The zero-order valence-electron chi connectivity index (χ0n) is 14.9. The first kappa shape index (κ1) is 19.2. The monoisotopic (exact) mass is 392 g/mol. The molecule has 0 bridgehead atoms. The molecular weight excluding hydrogens is 372 g/mol. The molecule has 2 aliphatic heterocycles. The lowest BCUT2D eigenvalue weighted by molar-refractivity contribution is -0.137. The first-order valence-electron chi connectivity index (χ1n) is 8.66. The zero-order chi connectivity index (χ0) is 19.6. The van der Waals surface area contributed by atoms with Gasteiger partial charge in [-0.15, -0.1) is 0 Å². The minimum atomic E-state index is -0.477. The number of piperazine rings is 1. The number of hydrogen-bond donors (Lipinski definition) is 2. The van der Waals surface area contributed by atoms with Gasteiger partial charge in [0.1, 0.15) is 5.70 Å². The van der Waals surface area contributed by atoms with Crippen LogP contribution in [-0.4, -0.2) is 72.0 Å². The highest BCUT2D eigenvalue weighted by atomic mass is 35.5. The van der Waals surface area contributed by atoms with Gasteiger partial charge in [-0.1, -0.05) is 11.6 Å². The van der Waals surface area contributed by atoms with Crippen LogP contribution in [0.3, 0.4) is 0 Å². The van der Waals surface area contributed by atoms with E-state index in [0.29, 0.717) is 36.9 Å². The highest BCUT2D eigenvalue weighted by molar-refractivity contribution is 6.33. The predicted molar refractivity (Wildman–Crippen MR) is 101 cm³/mol. The molecule has 2 heterocycles. The molecule has 0 aromatic heterocycles. The average Bonchev–Trinajstić information content (AvgIpc) is 2.90. The lowest BCUT2D eigenvalue weighted by Crippen LogP contribution is -2.48. The largest absolute Gasteiger partial charge is 0.395 e. The number of carbonyl (C=O) groups excluding carboxylic acids is 3. The Balaban J connectivity index is 1.67. The van der Waals surface area contributed by atoms with Crippen LogP contribution >= 0.6 is 11.6 Å². The van der Waals surface area contributed by atoms with Crippen LogP contribution in [-0.2, 0) is 14.4 Å². The van der Waals surface area contributed by atoms with Crippen LogP contribution in [0.1, 0.15) is 6.92 Å². The SMILES string of the molecule is CC(=O)N1CCN(c2ccc(NC3=CC(=O)N(CCO)C3=O)cc2Cl)CC1. The maximum Gasteiger partial charge on any atom is 0.277 e. The van der Waals surface area contributed by atoms with Crippen LogP contribution in [0.2, 0.25) is 5.02 Å². The molecule has 144 valence electrons. The lowest BCUT2D eigenvalue weighted by Gasteiger charge is -2.36. The molecule has 27 heavy (non-hydrogen) atoms. The Bertz CT molecular complexity index is 803. The van der Waals surface area contributed by atoms with Crippen molar-refractivity contribution in [1.82, 2.24) is 9.80 Å². The Labute approximate surface area is 162 Å². The topological polar surface area (TPSA) is 93.2 Å². The smallest absolute Gasteiger partial charge is 0.277 e. The summed E-state index contributed by atoms with van der Waals surface area (Å²) in [6, 6.07) is 5.33. The molecule has 0 aliphatic carbocycles. The number of anilines is 2. The van der Waals surface area contributed by atoms with Gasteiger partial charge in [0.2, 0.25) is 5.91 Å². The van der Waals surface area contributed by atoms with Gasteiger partial charge in [0.15, 0.2) is 0 Å². The van der Waals surface area contributed by atoms with Crippen molar-refractivity contribution < 1.29 is 19.5 Å². The Morgan fingerprint density at radius 1 is 1.22 bits per heavy atom. The van der Waals surface area contributed by atoms with Gasteiger partial charge in [0.05, 0.1) is 23.9 Å². The summed E-state index contributed by atoms with van der Waals surface area (Å²) in [4.78, 5) is 40.3. The molecule has 9 heteroatoms. The van der Waals surface area contributed by atoms with E-state index in [-0.39, 0.29) is 24.8 Å². The fraction of sp³-hybridized carbons (Fsp3) is 0.389. The summed E-state index contributed by atoms with van der Waals surface area (Å²) in [5.74, 6) is -0.864. The van der Waals surface area contributed by atoms with Gasteiger partial charge in [-0.2, -0.15) is 0 Å². The molecule has 0 atom stereocenters. The van der Waals surface area contributed by atoms with E-state index in [1.54, 1.807) is 24.0 Å². The first-order valence-corrected chi connectivity index (χ1v) is 9.04. The van der Waals surface area contributed by atoms with E-state index >= 15 is 0 Å². The Morgan fingerprint density at radius 3 is 2.52 bits per heavy atom. The maximum absolute atomic E-state index is 12.2. The quantitative estimate of drug-likeness (QED) is 0.715. The molecule has 3 amide bonds. The number of nitrogens with zero attached hydrogens (tertiary/aromatic N) is 3. The van der Waals surface area contributed by atoms with Crippen molar-refractivity contribution in [3.63, 3.8) is 0 Å². The van der Waals surface area contributed by atoms with Crippen LogP contribution in [0, 0.1) is 0 Å². The third-order valence-electron chi connectivity index (χ3n) is 4.63. The summed E-state index contributed by atoms with van der Waals surface area (Å²) in [7, 11) is 0. The third kappa shape index (κ3) is 4.06. The normalized spacial score (nSPS) is 17.4. The Kier molecular flexibility index (Phi) is 5.67. The van der Waals surface area contributed by atoms with Crippen LogP contribution < -0.4 is 10.2 Å². The molecule has 1 aromatic rings. The predicted octanol–water partition coefficient (Wildman–Crippen LogP) is 0.665. The third-order valence-corrected chi connectivity index (χ3v) is 4.93. The first-order chi connectivity index (χ1) is 12.9. The van der Waals surface area contributed by atoms with Crippen molar-refractivity contribution in [2.75, 3.05) is 49.5 Å². The van der Waals surface area contributed by atoms with E-state index < -0.39 is 11.8 Å². The number of halogens is 1. The summed E-state index contributed by atoms with van der Waals surface area (Å²) >= 11 is 6.41. The van der Waals surface area contributed by atoms with Crippen molar-refractivity contribution in [3.05, 3.63) is 35.0 Å². The average molecular weight is 393 g/mol. The van der Waals surface area contributed by atoms with Crippen molar-refractivity contribution >= 4 is 40.7 Å². The standard InChI is InChI=1S/C18H21ClN4O4/c1-12(25)21-4-6-22(7-5-21)16-3-2-13(10-14(16)19)20-15-11-17(26)23(8-9-24)18(15)27/h2-3,10-11,20,24H,4-9H2,1H3. The Hall–Kier alpha value is -2.58. The number of rotatable bonds is 5. The van der Waals surface area contributed by atoms with Gasteiger partial charge in [-0.25, -0.2) is 0 Å². The minimum absolute atomic E-state index is 0.0364. The van der Waals surface area contributed by atoms with Crippen LogP contribution in [0.15, 0.2) is 30.0 Å². The van der Waals surface area contributed by atoms with Gasteiger partial charge in [0.25, 0.3) is 11.8 Å². The zero-order valence-corrected chi connectivity index (χ0v) is 15.7. The minimum Gasteiger partial charge on any atom is -0.395 e. The molecule has 2 N–H and O–H groups in total. The molecule has 0 radical (unpaired) electrons. The van der Waals surface area contributed by atoms with E-state index in [2.05, 4.69) is 10.2 Å². The summed E-state index contributed by atoms with van der Waals surface area (Å²) in [6.07, 6.45) is 1.21. The molecule has 3 rings (SSSR count).